The van der Waals surface area contributed by atoms with Crippen LogP contribution in [-0.4, -0.2) is 29.1 Å². The second kappa shape index (κ2) is 7.11. The molecule has 0 aliphatic rings. The molecule has 2 N–H and O–H groups in total. The summed E-state index contributed by atoms with van der Waals surface area (Å²) in [5, 5.41) is 21.6. The Morgan fingerprint density at radius 2 is 1.00 bits per heavy atom. The molecule has 3 aromatic carbocycles. The van der Waals surface area contributed by atoms with E-state index in [1.54, 1.807) is 60.7 Å². The number of aromatic hydroxyl groups is 2. The molecule has 0 radical (unpaired) electrons. The molecule has 0 aliphatic heterocycles. The van der Waals surface area contributed by atoms with Crippen LogP contribution >= 0.6 is 7.14 Å². The van der Waals surface area contributed by atoms with Gasteiger partial charge >= 0.3 is 18.9 Å². The van der Waals surface area contributed by atoms with E-state index in [9.17, 15) is 14.8 Å². The molecule has 0 saturated heterocycles. The topological polar surface area (TPSA) is 57.5 Å². The fraction of sp³-hybridized carbons (Fsp3) is 0. The predicted molar refractivity (Wildman–Crippen MR) is 96.3 cm³/mol. The van der Waals surface area contributed by atoms with E-state index in [4.69, 9.17) is 0 Å². The van der Waals surface area contributed by atoms with Gasteiger partial charge in [0, 0.05) is 5.30 Å². The second-order valence-corrected chi connectivity index (χ2v) is 7.62. The van der Waals surface area contributed by atoms with Gasteiger partial charge in [-0.3, -0.25) is 0 Å². The SMILES string of the molecule is O=P(c1ccccc1)(c1ccccc1O)c1ccccc1O.[LiH]. The Bertz CT molecular complexity index is 800. The number of hydrogen-bond donors (Lipinski definition) is 2. The zero-order valence-electron chi connectivity index (χ0n) is 11.8. The first-order chi connectivity index (χ1) is 10.6. The predicted octanol–water partition coefficient (Wildman–Crippen LogP) is 2.09. The number of benzene rings is 3. The summed E-state index contributed by atoms with van der Waals surface area (Å²) in [6, 6.07) is 22.0. The number of phenolic OH excluding ortho intramolecular Hbond substituents is 2. The van der Waals surface area contributed by atoms with E-state index < -0.39 is 7.14 Å². The van der Waals surface area contributed by atoms with Crippen molar-refractivity contribution in [3.05, 3.63) is 78.9 Å². The summed E-state index contributed by atoms with van der Waals surface area (Å²) < 4.78 is 13.9. The summed E-state index contributed by atoms with van der Waals surface area (Å²) in [6.07, 6.45) is 0. The van der Waals surface area contributed by atoms with Gasteiger partial charge in [-0.05, 0) is 24.3 Å². The van der Waals surface area contributed by atoms with E-state index in [-0.39, 0.29) is 30.4 Å². The monoisotopic (exact) mass is 318 g/mol. The summed E-state index contributed by atoms with van der Waals surface area (Å²) >= 11 is 0. The van der Waals surface area contributed by atoms with Crippen molar-refractivity contribution in [1.82, 2.24) is 0 Å². The molecular formula is C18H16LiO3P. The van der Waals surface area contributed by atoms with E-state index in [1.165, 1.54) is 12.1 Å². The van der Waals surface area contributed by atoms with Gasteiger partial charge in [0.2, 0.25) is 0 Å². The Hall–Kier alpha value is -1.91. The van der Waals surface area contributed by atoms with Crippen LogP contribution in [0.1, 0.15) is 0 Å². The van der Waals surface area contributed by atoms with E-state index in [2.05, 4.69) is 0 Å². The molecule has 0 aliphatic carbocycles. The van der Waals surface area contributed by atoms with E-state index in [0.717, 1.165) is 0 Å². The van der Waals surface area contributed by atoms with Gasteiger partial charge in [0.25, 0.3) is 0 Å². The van der Waals surface area contributed by atoms with Crippen LogP contribution in [0, 0.1) is 0 Å². The Labute approximate surface area is 147 Å². The van der Waals surface area contributed by atoms with Crippen LogP contribution in [0.3, 0.4) is 0 Å². The van der Waals surface area contributed by atoms with Gasteiger partial charge in [-0.25, -0.2) is 0 Å². The van der Waals surface area contributed by atoms with Crippen molar-refractivity contribution in [2.24, 2.45) is 0 Å². The van der Waals surface area contributed by atoms with Crippen LogP contribution in [0.5, 0.6) is 11.5 Å². The Morgan fingerprint density at radius 3 is 1.43 bits per heavy atom. The zero-order chi connectivity index (χ0) is 15.6. The molecule has 5 heteroatoms. The fourth-order valence-corrected chi connectivity index (χ4v) is 5.30. The van der Waals surface area contributed by atoms with Gasteiger partial charge in [0.1, 0.15) is 11.5 Å². The summed E-state index contributed by atoms with van der Waals surface area (Å²) in [7, 11) is -3.35. The molecule has 0 heterocycles. The summed E-state index contributed by atoms with van der Waals surface area (Å²) in [5.41, 5.74) is 0. The third-order valence-corrected chi connectivity index (χ3v) is 6.70. The van der Waals surface area contributed by atoms with Crippen LogP contribution < -0.4 is 15.9 Å². The van der Waals surface area contributed by atoms with Crippen LogP contribution in [0.2, 0.25) is 0 Å². The van der Waals surface area contributed by atoms with Crippen LogP contribution in [0.4, 0.5) is 0 Å². The average Bonchev–Trinajstić information content (AvgIpc) is 2.56. The average molecular weight is 318 g/mol. The molecule has 23 heavy (non-hydrogen) atoms. The normalized spacial score (nSPS) is 10.8. The summed E-state index contributed by atoms with van der Waals surface area (Å²) in [5.74, 6) is -0.0871. The summed E-state index contributed by atoms with van der Waals surface area (Å²) in [4.78, 5) is 0. The molecule has 0 spiro atoms. The van der Waals surface area contributed by atoms with E-state index in [1.807, 2.05) is 6.07 Å². The van der Waals surface area contributed by atoms with Crippen LogP contribution in [-0.2, 0) is 4.57 Å². The van der Waals surface area contributed by atoms with Gasteiger partial charge in [-0.1, -0.05) is 54.6 Å². The molecule has 0 amide bonds. The summed E-state index contributed by atoms with van der Waals surface area (Å²) in [6.45, 7) is 0. The minimum absolute atomic E-state index is 0. The molecule has 0 aromatic heterocycles. The van der Waals surface area contributed by atoms with Crippen molar-refractivity contribution >= 4 is 41.9 Å². The maximum absolute atomic E-state index is 13.9. The number of phenols is 2. The van der Waals surface area contributed by atoms with Gasteiger partial charge in [0.15, 0.2) is 7.14 Å². The number of para-hydroxylation sites is 2. The Kier molecular flexibility index (Phi) is 5.39. The first kappa shape index (κ1) is 17.4. The van der Waals surface area contributed by atoms with Crippen molar-refractivity contribution in [1.29, 1.82) is 0 Å². The third-order valence-electron chi connectivity index (χ3n) is 3.56. The van der Waals surface area contributed by atoms with E-state index >= 15 is 0 Å². The van der Waals surface area contributed by atoms with E-state index in [0.29, 0.717) is 15.9 Å². The Morgan fingerprint density at radius 1 is 0.609 bits per heavy atom. The molecule has 3 nitrogen and oxygen atoms in total. The zero-order valence-corrected chi connectivity index (χ0v) is 12.6. The number of rotatable bonds is 3. The standard InChI is InChI=1S/C18H15O3P.Li.H/c19-15-10-4-6-12-17(15)22(21,14-8-2-1-3-9-14)18-13-7-5-11-16(18)20;;/h1-13,19-20H;;. The second-order valence-electron chi connectivity index (χ2n) is 4.92. The molecule has 0 unspecified atom stereocenters. The van der Waals surface area contributed by atoms with Crippen molar-refractivity contribution in [2.75, 3.05) is 0 Å². The first-order valence-corrected chi connectivity index (χ1v) is 8.57. The minimum atomic E-state index is -3.35. The number of hydrogen-bond acceptors (Lipinski definition) is 3. The Balaban J connectivity index is 0.00000192. The van der Waals surface area contributed by atoms with Crippen molar-refractivity contribution in [2.45, 2.75) is 0 Å². The third kappa shape index (κ3) is 3.09. The molecule has 3 aromatic rings. The fourth-order valence-electron chi connectivity index (χ4n) is 2.51. The van der Waals surface area contributed by atoms with Gasteiger partial charge in [0.05, 0.1) is 10.6 Å². The molecule has 0 bridgehead atoms. The quantitative estimate of drug-likeness (QED) is 0.574. The van der Waals surface area contributed by atoms with Crippen LogP contribution in [0.25, 0.3) is 0 Å². The van der Waals surface area contributed by atoms with Gasteiger partial charge in [-0.2, -0.15) is 0 Å². The maximum atomic E-state index is 13.9. The molecule has 3 rings (SSSR count). The molecule has 0 saturated carbocycles. The van der Waals surface area contributed by atoms with Gasteiger partial charge in [-0.15, -0.1) is 0 Å². The molecular weight excluding hydrogens is 302 g/mol. The van der Waals surface area contributed by atoms with Gasteiger partial charge < -0.3 is 14.8 Å². The molecule has 0 fully saturated rings. The van der Waals surface area contributed by atoms with Crippen molar-refractivity contribution in [3.63, 3.8) is 0 Å². The van der Waals surface area contributed by atoms with Crippen molar-refractivity contribution in [3.8, 4) is 11.5 Å². The molecule has 0 atom stereocenters. The first-order valence-electron chi connectivity index (χ1n) is 6.87. The van der Waals surface area contributed by atoms with Crippen molar-refractivity contribution < 1.29 is 14.8 Å². The molecule has 112 valence electrons. The van der Waals surface area contributed by atoms with Crippen LogP contribution in [0.15, 0.2) is 78.9 Å².